The fourth-order valence-electron chi connectivity index (χ4n) is 3.44. The minimum atomic E-state index is -3.07. The van der Waals surface area contributed by atoms with Crippen molar-refractivity contribution >= 4 is 5.82 Å². The lowest BCUT2D eigenvalue weighted by atomic mass is 10.2. The van der Waals surface area contributed by atoms with Gasteiger partial charge in [0.05, 0.1) is 38.6 Å². The molecule has 0 N–H and O–H groups in total. The summed E-state index contributed by atoms with van der Waals surface area (Å²) < 4.78 is 45.5. The monoisotopic (exact) mass is 444 g/mol. The molecule has 1 atom stereocenters. The number of alkyl halides is 2. The number of aromatic nitrogens is 5. The van der Waals surface area contributed by atoms with Crippen molar-refractivity contribution in [3.63, 3.8) is 0 Å². The second-order valence-electron chi connectivity index (χ2n) is 7.32. The van der Waals surface area contributed by atoms with Crippen LogP contribution in [0, 0.1) is 13.8 Å². The van der Waals surface area contributed by atoms with Crippen molar-refractivity contribution in [2.75, 3.05) is 32.2 Å². The van der Waals surface area contributed by atoms with Crippen LogP contribution in [0.4, 0.5) is 14.6 Å². The average Bonchev–Trinajstić information content (AvgIpc) is 3.07. The van der Waals surface area contributed by atoms with Crippen LogP contribution >= 0.6 is 0 Å². The van der Waals surface area contributed by atoms with Gasteiger partial charge in [-0.2, -0.15) is 4.98 Å². The first-order chi connectivity index (χ1) is 15.3. The highest BCUT2D eigenvalue weighted by Crippen LogP contribution is 2.35. The summed E-state index contributed by atoms with van der Waals surface area (Å²) in [6.07, 6.45) is 1.70. The van der Waals surface area contributed by atoms with Crippen LogP contribution in [-0.2, 0) is 0 Å². The summed E-state index contributed by atoms with van der Waals surface area (Å²) in [5.74, 6) is -1.71. The van der Waals surface area contributed by atoms with E-state index < -0.39 is 18.6 Å². The first-order valence-electron chi connectivity index (χ1n) is 9.82. The molecule has 0 unspecified atom stereocenters. The molecule has 0 amide bonds. The lowest BCUT2D eigenvalue weighted by Crippen LogP contribution is -2.36. The molecule has 1 aliphatic rings. The number of aryl methyl sites for hydroxylation is 2. The van der Waals surface area contributed by atoms with E-state index in [1.54, 1.807) is 32.0 Å². The van der Waals surface area contributed by atoms with Gasteiger partial charge < -0.3 is 19.1 Å². The van der Waals surface area contributed by atoms with Crippen molar-refractivity contribution in [3.8, 4) is 28.9 Å². The maximum absolute atomic E-state index is 14.8. The molecule has 0 radical (unpaired) electrons. The number of hydrogen-bond acceptors (Lipinski definition) is 9. The van der Waals surface area contributed by atoms with Gasteiger partial charge in [0.15, 0.2) is 6.10 Å². The third kappa shape index (κ3) is 4.36. The minimum Gasteiger partial charge on any atom is -0.482 e. The molecule has 1 aliphatic heterocycles. The molecule has 4 heterocycles. The van der Waals surface area contributed by atoms with E-state index in [-0.39, 0.29) is 18.4 Å². The number of anilines is 1. The number of ether oxygens (including phenoxy) is 3. The molecular weight excluding hydrogens is 422 g/mol. The van der Waals surface area contributed by atoms with Crippen LogP contribution in [-0.4, -0.2) is 64.3 Å². The predicted octanol–water partition coefficient (Wildman–Crippen LogP) is 2.87. The van der Waals surface area contributed by atoms with Crippen molar-refractivity contribution < 1.29 is 23.0 Å². The van der Waals surface area contributed by atoms with Gasteiger partial charge in [0.1, 0.15) is 17.4 Å². The van der Waals surface area contributed by atoms with E-state index in [0.717, 1.165) is 0 Å². The molecule has 0 saturated carbocycles. The molecule has 4 rings (SSSR count). The smallest absolute Gasteiger partial charge is 0.319 e. The number of hydrogen-bond donors (Lipinski definition) is 0. The van der Waals surface area contributed by atoms with Crippen molar-refractivity contribution in [3.05, 3.63) is 42.1 Å². The van der Waals surface area contributed by atoms with E-state index in [1.807, 2.05) is 0 Å². The Bertz CT molecular complexity index is 1130. The molecule has 1 saturated heterocycles. The van der Waals surface area contributed by atoms with Crippen molar-refractivity contribution in [1.82, 2.24) is 24.9 Å². The molecule has 11 heteroatoms. The third-order valence-electron chi connectivity index (χ3n) is 4.94. The molecule has 32 heavy (non-hydrogen) atoms. The zero-order chi connectivity index (χ0) is 22.9. The molecule has 168 valence electrons. The molecule has 0 spiro atoms. The van der Waals surface area contributed by atoms with E-state index in [4.69, 9.17) is 14.2 Å². The number of methoxy groups -OCH3 is 2. The van der Waals surface area contributed by atoms with Crippen LogP contribution in [0.3, 0.4) is 0 Å². The van der Waals surface area contributed by atoms with Crippen LogP contribution in [0.5, 0.6) is 17.6 Å². The SMILES string of the molecule is COc1ncc(-c2cc(N3C[C@H](Oc4ccnc(C)c4)C(F)(F)C3)nc(C)n2)c(OC)n1. The van der Waals surface area contributed by atoms with Gasteiger partial charge >= 0.3 is 11.9 Å². The summed E-state index contributed by atoms with van der Waals surface area (Å²) in [4.78, 5) is 22.6. The normalized spacial score (nSPS) is 17.3. The van der Waals surface area contributed by atoms with Crippen LogP contribution in [0.25, 0.3) is 11.3 Å². The summed E-state index contributed by atoms with van der Waals surface area (Å²) in [7, 11) is 2.91. The highest BCUT2D eigenvalue weighted by Gasteiger charge is 2.50. The maximum Gasteiger partial charge on any atom is 0.319 e. The standard InChI is InChI=1S/C21H22F2N6O3/c1-12-7-14(5-6-24-12)32-17-10-29(11-21(17,22)23)18-8-16(26-13(2)27-18)15-9-25-20(31-4)28-19(15)30-3/h5-9,17H,10-11H2,1-4H3/t17-/m0/s1. The van der Waals surface area contributed by atoms with E-state index in [1.165, 1.54) is 31.5 Å². The van der Waals surface area contributed by atoms with Gasteiger partial charge in [0.25, 0.3) is 0 Å². The Morgan fingerprint density at radius 2 is 1.88 bits per heavy atom. The molecule has 3 aromatic rings. The van der Waals surface area contributed by atoms with Gasteiger partial charge in [0, 0.05) is 30.2 Å². The third-order valence-corrected chi connectivity index (χ3v) is 4.94. The highest BCUT2D eigenvalue weighted by atomic mass is 19.3. The Kier molecular flexibility index (Phi) is 5.72. The highest BCUT2D eigenvalue weighted by molar-refractivity contribution is 5.67. The molecule has 0 aromatic carbocycles. The Labute approximate surface area is 183 Å². The lowest BCUT2D eigenvalue weighted by Gasteiger charge is -2.19. The first kappa shape index (κ1) is 21.6. The van der Waals surface area contributed by atoms with Crippen LogP contribution in [0.2, 0.25) is 0 Å². The molecule has 3 aromatic heterocycles. The summed E-state index contributed by atoms with van der Waals surface area (Å²) in [5.41, 5.74) is 1.63. The van der Waals surface area contributed by atoms with E-state index in [0.29, 0.717) is 34.3 Å². The topological polar surface area (TPSA) is 95.4 Å². The largest absolute Gasteiger partial charge is 0.482 e. The quantitative estimate of drug-likeness (QED) is 0.569. The molecule has 0 aliphatic carbocycles. The van der Waals surface area contributed by atoms with Gasteiger partial charge in [-0.3, -0.25) is 4.98 Å². The average molecular weight is 444 g/mol. The zero-order valence-corrected chi connectivity index (χ0v) is 18.0. The van der Waals surface area contributed by atoms with Gasteiger partial charge in [0.2, 0.25) is 5.88 Å². The Hall–Kier alpha value is -3.63. The molecule has 0 bridgehead atoms. The van der Waals surface area contributed by atoms with Crippen molar-refractivity contribution in [2.45, 2.75) is 25.9 Å². The van der Waals surface area contributed by atoms with Crippen LogP contribution in [0.1, 0.15) is 11.5 Å². The number of halogens is 2. The van der Waals surface area contributed by atoms with Gasteiger partial charge in [-0.15, -0.1) is 0 Å². The Morgan fingerprint density at radius 1 is 1.06 bits per heavy atom. The second-order valence-corrected chi connectivity index (χ2v) is 7.32. The Morgan fingerprint density at radius 3 is 2.59 bits per heavy atom. The van der Waals surface area contributed by atoms with Gasteiger partial charge in [-0.1, -0.05) is 0 Å². The van der Waals surface area contributed by atoms with E-state index in [9.17, 15) is 8.78 Å². The molecule has 1 fully saturated rings. The van der Waals surface area contributed by atoms with Crippen LogP contribution < -0.4 is 19.1 Å². The maximum atomic E-state index is 14.8. The number of rotatable bonds is 6. The van der Waals surface area contributed by atoms with E-state index in [2.05, 4.69) is 24.9 Å². The molecular formula is C21H22F2N6O3. The summed E-state index contributed by atoms with van der Waals surface area (Å²) in [6.45, 7) is 2.88. The van der Waals surface area contributed by atoms with Gasteiger partial charge in [-0.25, -0.2) is 23.7 Å². The fraction of sp³-hybridized carbons (Fsp3) is 0.381. The predicted molar refractivity (Wildman–Crippen MR) is 111 cm³/mol. The second kappa shape index (κ2) is 8.48. The first-order valence-corrected chi connectivity index (χ1v) is 9.82. The summed E-state index contributed by atoms with van der Waals surface area (Å²) >= 11 is 0. The summed E-state index contributed by atoms with van der Waals surface area (Å²) in [5, 5.41) is 0. The number of pyridine rings is 1. The minimum absolute atomic E-state index is 0.0412. The summed E-state index contributed by atoms with van der Waals surface area (Å²) in [6, 6.07) is 4.94. The lowest BCUT2D eigenvalue weighted by molar-refractivity contribution is -0.0594. The molecule has 9 nitrogen and oxygen atoms in total. The fourth-order valence-corrected chi connectivity index (χ4v) is 3.44. The van der Waals surface area contributed by atoms with E-state index >= 15 is 0 Å². The van der Waals surface area contributed by atoms with Crippen molar-refractivity contribution in [1.29, 1.82) is 0 Å². The zero-order valence-electron chi connectivity index (χ0n) is 18.0. The Balaban J connectivity index is 1.63. The van der Waals surface area contributed by atoms with Crippen LogP contribution in [0.15, 0.2) is 30.6 Å². The van der Waals surface area contributed by atoms with Gasteiger partial charge in [-0.05, 0) is 19.9 Å². The van der Waals surface area contributed by atoms with Crippen molar-refractivity contribution in [2.24, 2.45) is 0 Å². The number of nitrogens with zero attached hydrogens (tertiary/aromatic N) is 6.